The highest BCUT2D eigenvalue weighted by Crippen LogP contribution is 2.23. The number of aldehydes is 1. The number of halogens is 2. The molecule has 15 heavy (non-hydrogen) atoms. The minimum atomic E-state index is -1.23. The van der Waals surface area contributed by atoms with Gasteiger partial charge in [-0.25, -0.2) is 4.39 Å². The molecule has 4 heteroatoms. The molecule has 0 heterocycles. The summed E-state index contributed by atoms with van der Waals surface area (Å²) in [6, 6.07) is 4.59. The molecule has 0 saturated carbocycles. The first-order valence-corrected chi connectivity index (χ1v) is 4.93. The Morgan fingerprint density at radius 2 is 2.27 bits per heavy atom. The van der Waals surface area contributed by atoms with E-state index in [9.17, 15) is 14.3 Å². The number of benzene rings is 1. The molecule has 0 saturated heterocycles. The Balaban J connectivity index is 2.89. The number of carbonyl (C=O) groups is 1. The summed E-state index contributed by atoms with van der Waals surface area (Å²) in [5.74, 6) is -0.537. The van der Waals surface area contributed by atoms with Crippen molar-refractivity contribution in [1.29, 1.82) is 0 Å². The van der Waals surface area contributed by atoms with Crippen molar-refractivity contribution in [3.63, 3.8) is 0 Å². The molecular weight excluding hydrogens is 219 g/mol. The summed E-state index contributed by atoms with van der Waals surface area (Å²) in [6.07, 6.45) is 0.652. The van der Waals surface area contributed by atoms with E-state index in [1.54, 1.807) is 12.1 Å². The number of aliphatic hydroxyl groups is 1. The molecule has 1 rings (SSSR count). The van der Waals surface area contributed by atoms with Crippen LogP contribution in [0.2, 0.25) is 5.02 Å². The number of carbonyl (C=O) groups excluding carboxylic acids is 1. The van der Waals surface area contributed by atoms with Gasteiger partial charge >= 0.3 is 0 Å². The van der Waals surface area contributed by atoms with E-state index in [0.717, 1.165) is 0 Å². The van der Waals surface area contributed by atoms with E-state index in [1.165, 1.54) is 13.0 Å². The van der Waals surface area contributed by atoms with Gasteiger partial charge in [0.05, 0.1) is 10.6 Å². The molecule has 0 aliphatic carbocycles. The highest BCUT2D eigenvalue weighted by molar-refractivity contribution is 6.30. The number of hydrogen-bond acceptors (Lipinski definition) is 2. The standard InChI is InChI=1S/C11H12ClFO2/c1-11(15,5-6-14)7-8-3-2-4-9(12)10(8)13/h2-4,6,15H,5,7H2,1H3. The van der Waals surface area contributed by atoms with Gasteiger partial charge in [0.25, 0.3) is 0 Å². The molecule has 1 unspecified atom stereocenters. The second kappa shape index (κ2) is 4.73. The van der Waals surface area contributed by atoms with Crippen LogP contribution >= 0.6 is 11.6 Å². The Kier molecular flexibility index (Phi) is 3.83. The van der Waals surface area contributed by atoms with Crippen LogP contribution in [-0.2, 0) is 11.2 Å². The third-order valence-electron chi connectivity index (χ3n) is 2.13. The van der Waals surface area contributed by atoms with Gasteiger partial charge in [0.1, 0.15) is 12.1 Å². The highest BCUT2D eigenvalue weighted by atomic mass is 35.5. The van der Waals surface area contributed by atoms with E-state index in [1.807, 2.05) is 0 Å². The van der Waals surface area contributed by atoms with Crippen molar-refractivity contribution in [1.82, 2.24) is 0 Å². The van der Waals surface area contributed by atoms with E-state index < -0.39 is 11.4 Å². The summed E-state index contributed by atoms with van der Waals surface area (Å²) < 4.78 is 13.4. The van der Waals surface area contributed by atoms with Crippen LogP contribution in [0.25, 0.3) is 0 Å². The first kappa shape index (κ1) is 12.1. The molecule has 0 aliphatic rings. The average molecular weight is 231 g/mol. The SMILES string of the molecule is CC(O)(CC=O)Cc1cccc(Cl)c1F. The summed E-state index contributed by atoms with van der Waals surface area (Å²) in [5.41, 5.74) is -0.915. The van der Waals surface area contributed by atoms with Crippen molar-refractivity contribution < 1.29 is 14.3 Å². The van der Waals surface area contributed by atoms with Crippen LogP contribution in [0.5, 0.6) is 0 Å². The van der Waals surface area contributed by atoms with Crippen LogP contribution in [0.4, 0.5) is 4.39 Å². The smallest absolute Gasteiger partial charge is 0.145 e. The maximum atomic E-state index is 13.4. The van der Waals surface area contributed by atoms with E-state index in [0.29, 0.717) is 11.8 Å². The molecule has 0 amide bonds. The largest absolute Gasteiger partial charge is 0.389 e. The first-order valence-electron chi connectivity index (χ1n) is 4.55. The Hall–Kier alpha value is -0.930. The van der Waals surface area contributed by atoms with Crippen LogP contribution in [0.15, 0.2) is 18.2 Å². The van der Waals surface area contributed by atoms with Crippen molar-refractivity contribution in [2.45, 2.75) is 25.4 Å². The van der Waals surface area contributed by atoms with Crippen LogP contribution in [0.3, 0.4) is 0 Å². The normalized spacial score (nSPS) is 14.7. The summed E-state index contributed by atoms with van der Waals surface area (Å²) in [4.78, 5) is 10.3. The summed E-state index contributed by atoms with van der Waals surface area (Å²) >= 11 is 5.59. The Morgan fingerprint density at radius 1 is 1.60 bits per heavy atom. The van der Waals surface area contributed by atoms with Gasteiger partial charge in [-0.05, 0) is 18.6 Å². The Bertz CT molecular complexity index is 364. The molecule has 1 aromatic rings. The van der Waals surface area contributed by atoms with Crippen LogP contribution in [0, 0.1) is 5.82 Å². The Labute approximate surface area is 92.7 Å². The van der Waals surface area contributed by atoms with Crippen molar-refractivity contribution in [2.75, 3.05) is 0 Å². The molecule has 1 aromatic carbocycles. The van der Waals surface area contributed by atoms with Gasteiger partial charge in [-0.3, -0.25) is 0 Å². The van der Waals surface area contributed by atoms with Crippen LogP contribution in [-0.4, -0.2) is 17.0 Å². The lowest BCUT2D eigenvalue weighted by atomic mass is 9.93. The molecule has 0 aromatic heterocycles. The molecular formula is C11H12ClFO2. The maximum absolute atomic E-state index is 13.4. The van der Waals surface area contributed by atoms with E-state index in [4.69, 9.17) is 11.6 Å². The van der Waals surface area contributed by atoms with E-state index >= 15 is 0 Å². The molecule has 0 radical (unpaired) electrons. The van der Waals surface area contributed by atoms with Gasteiger partial charge in [0, 0.05) is 12.8 Å². The maximum Gasteiger partial charge on any atom is 0.145 e. The lowest BCUT2D eigenvalue weighted by molar-refractivity contribution is -0.111. The fourth-order valence-electron chi connectivity index (χ4n) is 1.35. The number of hydrogen-bond donors (Lipinski definition) is 1. The van der Waals surface area contributed by atoms with Gasteiger partial charge < -0.3 is 9.90 Å². The fourth-order valence-corrected chi connectivity index (χ4v) is 1.54. The quantitative estimate of drug-likeness (QED) is 0.807. The molecule has 0 bridgehead atoms. The van der Waals surface area contributed by atoms with Crippen molar-refractivity contribution in [3.8, 4) is 0 Å². The Morgan fingerprint density at radius 3 is 2.87 bits per heavy atom. The van der Waals surface area contributed by atoms with E-state index in [-0.39, 0.29) is 17.9 Å². The second-order valence-corrected chi connectivity index (χ2v) is 4.16. The van der Waals surface area contributed by atoms with Gasteiger partial charge in [-0.2, -0.15) is 0 Å². The summed E-state index contributed by atoms with van der Waals surface area (Å²) in [5, 5.41) is 9.76. The minimum absolute atomic E-state index is 0.0226. The molecule has 0 spiro atoms. The zero-order valence-electron chi connectivity index (χ0n) is 8.34. The van der Waals surface area contributed by atoms with Crippen molar-refractivity contribution in [2.24, 2.45) is 0 Å². The van der Waals surface area contributed by atoms with E-state index in [2.05, 4.69) is 0 Å². The van der Waals surface area contributed by atoms with Crippen molar-refractivity contribution >= 4 is 17.9 Å². The second-order valence-electron chi connectivity index (χ2n) is 3.76. The summed E-state index contributed by atoms with van der Waals surface area (Å²) in [7, 11) is 0. The molecule has 2 nitrogen and oxygen atoms in total. The number of rotatable bonds is 4. The zero-order valence-corrected chi connectivity index (χ0v) is 9.09. The predicted octanol–water partition coefficient (Wildman–Crippen LogP) is 2.36. The average Bonchev–Trinajstić information content (AvgIpc) is 2.12. The molecule has 0 aliphatic heterocycles. The third kappa shape index (κ3) is 3.29. The topological polar surface area (TPSA) is 37.3 Å². The first-order chi connectivity index (χ1) is 6.96. The molecule has 0 fully saturated rings. The van der Waals surface area contributed by atoms with Gasteiger partial charge in [0.15, 0.2) is 0 Å². The van der Waals surface area contributed by atoms with Gasteiger partial charge in [0.2, 0.25) is 0 Å². The van der Waals surface area contributed by atoms with Gasteiger partial charge in [-0.15, -0.1) is 0 Å². The monoisotopic (exact) mass is 230 g/mol. The predicted molar refractivity (Wildman–Crippen MR) is 56.4 cm³/mol. The van der Waals surface area contributed by atoms with Crippen LogP contribution < -0.4 is 0 Å². The van der Waals surface area contributed by atoms with Crippen molar-refractivity contribution in [3.05, 3.63) is 34.6 Å². The summed E-state index contributed by atoms with van der Waals surface area (Å²) in [6.45, 7) is 1.49. The minimum Gasteiger partial charge on any atom is -0.389 e. The molecule has 82 valence electrons. The lowest BCUT2D eigenvalue weighted by Crippen LogP contribution is -2.28. The molecule has 1 N–H and O–H groups in total. The van der Waals surface area contributed by atoms with Crippen LogP contribution in [0.1, 0.15) is 18.9 Å². The zero-order chi connectivity index (χ0) is 11.5. The third-order valence-corrected chi connectivity index (χ3v) is 2.42. The molecule has 1 atom stereocenters. The lowest BCUT2D eigenvalue weighted by Gasteiger charge is -2.20. The fraction of sp³-hybridized carbons (Fsp3) is 0.364. The van der Waals surface area contributed by atoms with Gasteiger partial charge in [-0.1, -0.05) is 23.7 Å². The highest BCUT2D eigenvalue weighted by Gasteiger charge is 2.22.